The van der Waals surface area contributed by atoms with Crippen molar-refractivity contribution in [3.05, 3.63) is 89.7 Å². The number of methoxy groups -OCH3 is 5. The molecule has 0 saturated heterocycles. The van der Waals surface area contributed by atoms with E-state index in [4.69, 9.17) is 23.7 Å². The summed E-state index contributed by atoms with van der Waals surface area (Å²) >= 11 is 0. The summed E-state index contributed by atoms with van der Waals surface area (Å²) in [6, 6.07) is 25.6. The molecule has 7 heteroatoms. The van der Waals surface area contributed by atoms with E-state index in [0.29, 0.717) is 0 Å². The smallest absolute Gasteiger partial charge is 0.132 e. The van der Waals surface area contributed by atoms with Crippen LogP contribution in [0.5, 0.6) is 28.7 Å². The number of nitrogens with zero attached hydrogens (tertiary/aromatic N) is 2. The van der Waals surface area contributed by atoms with E-state index in [2.05, 4.69) is 98.4 Å². The summed E-state index contributed by atoms with van der Waals surface area (Å²) < 4.78 is 34.6. The molecule has 7 nitrogen and oxygen atoms in total. The Morgan fingerprint density at radius 2 is 0.920 bits per heavy atom. The SMILES string of the molecule is COc1ccc(-c2c3n(c4cc(OC)cc(C)c24)C2(CC3(C)C)CC(C)(C)c3c(-c4ccc(OC)cc4)c4c(OC)cc(OC)cc4n32)cc1. The van der Waals surface area contributed by atoms with E-state index < -0.39 is 5.66 Å². The number of ether oxygens (including phenoxy) is 5. The van der Waals surface area contributed by atoms with Crippen LogP contribution in [0.25, 0.3) is 44.1 Å². The van der Waals surface area contributed by atoms with Gasteiger partial charge >= 0.3 is 0 Å². The van der Waals surface area contributed by atoms with Gasteiger partial charge in [-0.3, -0.25) is 0 Å². The number of fused-ring (bicyclic) bond motifs is 8. The zero-order valence-corrected chi connectivity index (χ0v) is 30.8. The number of rotatable bonds is 7. The van der Waals surface area contributed by atoms with Gasteiger partial charge < -0.3 is 32.8 Å². The molecule has 0 fully saturated rings. The van der Waals surface area contributed by atoms with Gasteiger partial charge in [0, 0.05) is 69.8 Å². The number of benzene rings is 4. The van der Waals surface area contributed by atoms with Gasteiger partial charge in [0.2, 0.25) is 0 Å². The maximum Gasteiger partial charge on any atom is 0.132 e. The molecular formula is C43H46N2O5. The minimum atomic E-state index is -0.445. The maximum absolute atomic E-state index is 6.19. The second-order valence-corrected chi connectivity index (χ2v) is 15.2. The lowest BCUT2D eigenvalue weighted by Gasteiger charge is -2.34. The second kappa shape index (κ2) is 11.0. The molecule has 6 aromatic rings. The first-order valence-electron chi connectivity index (χ1n) is 17.3. The molecule has 0 N–H and O–H groups in total. The minimum Gasteiger partial charge on any atom is -0.497 e. The lowest BCUT2D eigenvalue weighted by molar-refractivity contribution is 0.222. The molecule has 4 aromatic carbocycles. The first-order valence-corrected chi connectivity index (χ1v) is 17.3. The van der Waals surface area contributed by atoms with Crippen LogP contribution in [0.1, 0.15) is 57.5 Å². The average molecular weight is 671 g/mol. The predicted molar refractivity (Wildman–Crippen MR) is 201 cm³/mol. The Balaban J connectivity index is 1.56. The maximum atomic E-state index is 6.19. The van der Waals surface area contributed by atoms with Gasteiger partial charge in [0.15, 0.2) is 0 Å². The van der Waals surface area contributed by atoms with E-state index in [0.717, 1.165) is 58.1 Å². The van der Waals surface area contributed by atoms with E-state index in [-0.39, 0.29) is 10.8 Å². The van der Waals surface area contributed by atoms with Crippen molar-refractivity contribution in [2.75, 3.05) is 35.5 Å². The van der Waals surface area contributed by atoms with Crippen molar-refractivity contribution in [3.8, 4) is 51.0 Å². The van der Waals surface area contributed by atoms with Crippen LogP contribution in [0.3, 0.4) is 0 Å². The molecular weight excluding hydrogens is 624 g/mol. The Kier molecular flexibility index (Phi) is 7.07. The quantitative estimate of drug-likeness (QED) is 0.169. The Morgan fingerprint density at radius 3 is 1.36 bits per heavy atom. The Hall–Kier alpha value is -5.04. The van der Waals surface area contributed by atoms with Crippen molar-refractivity contribution in [1.82, 2.24) is 9.13 Å². The Bertz CT molecular complexity index is 2300. The molecule has 0 saturated carbocycles. The third kappa shape index (κ3) is 4.28. The molecule has 1 atom stereocenters. The highest BCUT2D eigenvalue weighted by atomic mass is 16.5. The summed E-state index contributed by atoms with van der Waals surface area (Å²) in [6.07, 6.45) is 1.82. The Morgan fingerprint density at radius 1 is 0.500 bits per heavy atom. The molecule has 4 heterocycles. The van der Waals surface area contributed by atoms with Crippen molar-refractivity contribution in [2.24, 2.45) is 0 Å². The molecule has 0 amide bonds. The normalized spacial score (nSPS) is 18.4. The van der Waals surface area contributed by atoms with Gasteiger partial charge in [0.25, 0.3) is 0 Å². The van der Waals surface area contributed by atoms with Crippen LogP contribution in [0.15, 0.2) is 72.8 Å². The van der Waals surface area contributed by atoms with Crippen molar-refractivity contribution in [1.29, 1.82) is 0 Å². The topological polar surface area (TPSA) is 56.0 Å². The van der Waals surface area contributed by atoms with E-state index in [1.165, 1.54) is 44.5 Å². The van der Waals surface area contributed by atoms with E-state index in [9.17, 15) is 0 Å². The highest BCUT2D eigenvalue weighted by Crippen LogP contribution is 2.64. The summed E-state index contributed by atoms with van der Waals surface area (Å²) in [7, 11) is 8.66. The molecule has 1 unspecified atom stereocenters. The van der Waals surface area contributed by atoms with Gasteiger partial charge in [0.1, 0.15) is 34.4 Å². The molecule has 2 aliphatic heterocycles. The first-order chi connectivity index (χ1) is 23.9. The number of hydrogen-bond donors (Lipinski definition) is 0. The van der Waals surface area contributed by atoms with Crippen LogP contribution in [0, 0.1) is 6.92 Å². The summed E-state index contributed by atoms with van der Waals surface area (Å²) in [5.41, 5.74) is 10.0. The molecule has 1 spiro atoms. The Labute approximate surface area is 294 Å². The second-order valence-electron chi connectivity index (χ2n) is 15.2. The zero-order chi connectivity index (χ0) is 35.3. The predicted octanol–water partition coefficient (Wildman–Crippen LogP) is 9.85. The highest BCUT2D eigenvalue weighted by Gasteiger charge is 2.60. The van der Waals surface area contributed by atoms with Crippen LogP contribution in [0.4, 0.5) is 0 Å². The fourth-order valence-corrected chi connectivity index (χ4v) is 9.63. The van der Waals surface area contributed by atoms with Crippen LogP contribution < -0.4 is 23.7 Å². The third-order valence-electron chi connectivity index (χ3n) is 11.3. The fourth-order valence-electron chi connectivity index (χ4n) is 9.63. The molecule has 2 aromatic heterocycles. The summed E-state index contributed by atoms with van der Waals surface area (Å²) in [4.78, 5) is 0. The largest absolute Gasteiger partial charge is 0.497 e. The van der Waals surface area contributed by atoms with Crippen LogP contribution in [-0.4, -0.2) is 44.7 Å². The van der Waals surface area contributed by atoms with Crippen molar-refractivity contribution in [3.63, 3.8) is 0 Å². The molecule has 0 bridgehead atoms. The van der Waals surface area contributed by atoms with Gasteiger partial charge in [-0.15, -0.1) is 0 Å². The minimum absolute atomic E-state index is 0.189. The zero-order valence-electron chi connectivity index (χ0n) is 30.8. The van der Waals surface area contributed by atoms with Gasteiger partial charge in [-0.1, -0.05) is 52.0 Å². The number of aromatic nitrogens is 2. The lowest BCUT2D eigenvalue weighted by atomic mass is 9.76. The third-order valence-corrected chi connectivity index (χ3v) is 11.3. The lowest BCUT2D eigenvalue weighted by Crippen LogP contribution is -2.37. The monoisotopic (exact) mass is 670 g/mol. The molecule has 2 aliphatic rings. The van der Waals surface area contributed by atoms with E-state index >= 15 is 0 Å². The molecule has 258 valence electrons. The van der Waals surface area contributed by atoms with Crippen LogP contribution >= 0.6 is 0 Å². The number of aryl methyl sites for hydroxylation is 1. The van der Waals surface area contributed by atoms with Crippen molar-refractivity contribution in [2.45, 2.75) is 64.0 Å². The van der Waals surface area contributed by atoms with Gasteiger partial charge in [-0.05, 0) is 53.9 Å². The van der Waals surface area contributed by atoms with Crippen LogP contribution in [0.2, 0.25) is 0 Å². The van der Waals surface area contributed by atoms with Gasteiger partial charge in [0.05, 0.1) is 52.0 Å². The molecule has 50 heavy (non-hydrogen) atoms. The molecule has 0 radical (unpaired) electrons. The van der Waals surface area contributed by atoms with Crippen LogP contribution in [-0.2, 0) is 16.5 Å². The highest BCUT2D eigenvalue weighted by molar-refractivity contribution is 6.05. The van der Waals surface area contributed by atoms with Gasteiger partial charge in [-0.2, -0.15) is 0 Å². The summed E-state index contributed by atoms with van der Waals surface area (Å²) in [6.45, 7) is 11.8. The average Bonchev–Trinajstić information content (AvgIpc) is 3.79. The van der Waals surface area contributed by atoms with E-state index in [1.807, 2.05) is 18.2 Å². The van der Waals surface area contributed by atoms with Gasteiger partial charge in [-0.25, -0.2) is 0 Å². The number of hydrogen-bond acceptors (Lipinski definition) is 5. The molecule has 0 aliphatic carbocycles. The molecule has 8 rings (SSSR count). The van der Waals surface area contributed by atoms with Crippen molar-refractivity contribution >= 4 is 21.8 Å². The first kappa shape index (κ1) is 32.2. The summed E-state index contributed by atoms with van der Waals surface area (Å²) in [5, 5.41) is 2.35. The van der Waals surface area contributed by atoms with E-state index in [1.54, 1.807) is 35.5 Å². The fraction of sp³-hybridized carbons (Fsp3) is 0.349. The van der Waals surface area contributed by atoms with Crippen molar-refractivity contribution < 1.29 is 23.7 Å². The standard InChI is InChI=1S/C43H46N2O5/c1-25-19-30(48-8)20-32-35(25)36(26-11-15-28(46-6)16-12-26)39-41(2,3)23-43(44(32)39)24-42(4,5)40-37(27-13-17-29(47-7)18-14-27)38-33(45(40)43)21-31(49-9)22-34(38)50-10/h11-22H,23-24H2,1-10H3. The summed E-state index contributed by atoms with van der Waals surface area (Å²) in [5.74, 6) is 4.09.